The summed E-state index contributed by atoms with van der Waals surface area (Å²) in [6.07, 6.45) is 5.19. The van der Waals surface area contributed by atoms with Crippen molar-refractivity contribution in [2.75, 3.05) is 26.8 Å². The minimum absolute atomic E-state index is 0.0553. The van der Waals surface area contributed by atoms with Crippen molar-refractivity contribution in [2.45, 2.75) is 12.8 Å². The van der Waals surface area contributed by atoms with Crippen molar-refractivity contribution in [1.29, 1.82) is 0 Å². The number of hydrogen-bond acceptors (Lipinski definition) is 7. The summed E-state index contributed by atoms with van der Waals surface area (Å²) in [4.78, 5) is 44.2. The van der Waals surface area contributed by atoms with E-state index in [4.69, 9.17) is 4.74 Å². The maximum absolute atomic E-state index is 12.0. The van der Waals surface area contributed by atoms with Gasteiger partial charge in [-0.1, -0.05) is 0 Å². The van der Waals surface area contributed by atoms with Crippen LogP contribution >= 0.6 is 0 Å². The zero-order valence-electron chi connectivity index (χ0n) is 12.2. The number of aromatic nitrogens is 2. The van der Waals surface area contributed by atoms with Gasteiger partial charge in [0, 0.05) is 25.5 Å². The summed E-state index contributed by atoms with van der Waals surface area (Å²) in [7, 11) is 1.35. The molecule has 0 saturated carbocycles. The van der Waals surface area contributed by atoms with Crippen LogP contribution in [0.3, 0.4) is 0 Å². The zero-order chi connectivity index (χ0) is 15.9. The number of methoxy groups -OCH3 is 1. The Labute approximate surface area is 127 Å². The van der Waals surface area contributed by atoms with E-state index in [2.05, 4.69) is 14.7 Å². The van der Waals surface area contributed by atoms with Gasteiger partial charge in [-0.15, -0.1) is 0 Å². The highest BCUT2D eigenvalue weighted by atomic mass is 16.5. The van der Waals surface area contributed by atoms with E-state index < -0.39 is 5.97 Å². The second kappa shape index (κ2) is 7.48. The normalized spacial score (nSPS) is 15.2. The predicted octanol–water partition coefficient (Wildman–Crippen LogP) is 0.0450. The molecule has 1 aromatic rings. The van der Waals surface area contributed by atoms with Crippen LogP contribution in [0.4, 0.5) is 0 Å². The molecular formula is C14H17N3O5. The molecule has 0 aliphatic carbocycles. The molecule has 1 amide bonds. The summed E-state index contributed by atoms with van der Waals surface area (Å²) in [5, 5.41) is 0. The van der Waals surface area contributed by atoms with Gasteiger partial charge in [-0.25, -0.2) is 9.78 Å². The Morgan fingerprint density at radius 1 is 1.27 bits per heavy atom. The standard InChI is InChI=1S/C14H17N3O5/c1-21-13(19)10-2-6-17(7-3-10)12(18)9-22-14(20)11-8-15-4-5-16-11/h4-5,8,10H,2-3,6-7,9H2,1H3. The fourth-order valence-electron chi connectivity index (χ4n) is 2.23. The maximum atomic E-state index is 12.0. The smallest absolute Gasteiger partial charge is 0.359 e. The van der Waals surface area contributed by atoms with Crippen LogP contribution in [0.15, 0.2) is 18.6 Å². The van der Waals surface area contributed by atoms with Crippen molar-refractivity contribution in [3.05, 3.63) is 24.3 Å². The van der Waals surface area contributed by atoms with Gasteiger partial charge >= 0.3 is 11.9 Å². The molecule has 8 heteroatoms. The number of hydrogen-bond donors (Lipinski definition) is 0. The second-order valence-corrected chi connectivity index (χ2v) is 4.85. The Balaban J connectivity index is 1.77. The second-order valence-electron chi connectivity index (χ2n) is 4.85. The molecule has 0 atom stereocenters. The lowest BCUT2D eigenvalue weighted by Gasteiger charge is -2.30. The van der Waals surface area contributed by atoms with Crippen LogP contribution < -0.4 is 0 Å². The lowest BCUT2D eigenvalue weighted by atomic mass is 9.97. The summed E-state index contributed by atoms with van der Waals surface area (Å²) in [6, 6.07) is 0. The van der Waals surface area contributed by atoms with Crippen LogP contribution in [-0.4, -0.2) is 59.5 Å². The molecule has 2 heterocycles. The number of carbonyl (C=O) groups excluding carboxylic acids is 3. The van der Waals surface area contributed by atoms with Crippen molar-refractivity contribution in [2.24, 2.45) is 5.92 Å². The molecule has 118 valence electrons. The average molecular weight is 307 g/mol. The first-order chi connectivity index (χ1) is 10.6. The van der Waals surface area contributed by atoms with Crippen LogP contribution in [-0.2, 0) is 19.1 Å². The third-order valence-electron chi connectivity index (χ3n) is 3.48. The number of rotatable bonds is 4. The Kier molecular flexibility index (Phi) is 5.40. The monoisotopic (exact) mass is 307 g/mol. The van der Waals surface area contributed by atoms with Crippen molar-refractivity contribution >= 4 is 17.8 Å². The van der Waals surface area contributed by atoms with E-state index in [1.807, 2.05) is 0 Å². The van der Waals surface area contributed by atoms with E-state index in [-0.39, 0.29) is 30.1 Å². The summed E-state index contributed by atoms with van der Waals surface area (Å²) in [6.45, 7) is 0.543. The fraction of sp³-hybridized carbons (Fsp3) is 0.500. The first-order valence-corrected chi connectivity index (χ1v) is 6.90. The Morgan fingerprint density at radius 3 is 2.59 bits per heavy atom. The Morgan fingerprint density at radius 2 is 2.00 bits per heavy atom. The molecule has 8 nitrogen and oxygen atoms in total. The fourth-order valence-corrected chi connectivity index (χ4v) is 2.23. The van der Waals surface area contributed by atoms with Gasteiger partial charge in [0.15, 0.2) is 12.3 Å². The van der Waals surface area contributed by atoms with E-state index in [1.54, 1.807) is 4.90 Å². The van der Waals surface area contributed by atoms with Crippen LogP contribution in [0.2, 0.25) is 0 Å². The third-order valence-corrected chi connectivity index (χ3v) is 3.48. The third kappa shape index (κ3) is 4.00. The molecule has 0 unspecified atom stereocenters. The molecular weight excluding hydrogens is 290 g/mol. The van der Waals surface area contributed by atoms with Gasteiger partial charge in [0.25, 0.3) is 5.91 Å². The van der Waals surface area contributed by atoms with Crippen LogP contribution in [0.25, 0.3) is 0 Å². The van der Waals surface area contributed by atoms with Gasteiger partial charge in [0.2, 0.25) is 0 Å². The Hall–Kier alpha value is -2.51. The molecule has 2 rings (SSSR count). The highest BCUT2D eigenvalue weighted by molar-refractivity contribution is 5.89. The summed E-state index contributed by atoms with van der Waals surface area (Å²) in [5.74, 6) is -1.40. The van der Waals surface area contributed by atoms with Crippen molar-refractivity contribution in [3.63, 3.8) is 0 Å². The maximum Gasteiger partial charge on any atom is 0.359 e. The largest absolute Gasteiger partial charge is 0.469 e. The molecule has 0 radical (unpaired) electrons. The molecule has 0 spiro atoms. The average Bonchev–Trinajstić information content (AvgIpc) is 2.59. The van der Waals surface area contributed by atoms with Crippen LogP contribution in [0, 0.1) is 5.92 Å². The predicted molar refractivity (Wildman–Crippen MR) is 73.6 cm³/mol. The first kappa shape index (κ1) is 15.9. The van der Waals surface area contributed by atoms with E-state index in [0.717, 1.165) is 0 Å². The zero-order valence-corrected chi connectivity index (χ0v) is 12.2. The number of nitrogens with zero attached hydrogens (tertiary/aromatic N) is 3. The summed E-state index contributed by atoms with van der Waals surface area (Å²) in [5.41, 5.74) is 0.0553. The van der Waals surface area contributed by atoms with Gasteiger partial charge in [0.05, 0.1) is 19.2 Å². The lowest BCUT2D eigenvalue weighted by molar-refractivity contribution is -0.149. The molecule has 0 bridgehead atoms. The van der Waals surface area contributed by atoms with Gasteiger partial charge in [-0.2, -0.15) is 0 Å². The summed E-state index contributed by atoms with van der Waals surface area (Å²) >= 11 is 0. The van der Waals surface area contributed by atoms with Crippen molar-refractivity contribution in [1.82, 2.24) is 14.9 Å². The number of ether oxygens (including phenoxy) is 2. The molecule has 1 saturated heterocycles. The molecule has 0 N–H and O–H groups in total. The first-order valence-electron chi connectivity index (χ1n) is 6.90. The van der Waals surface area contributed by atoms with Gasteiger partial charge in [-0.05, 0) is 12.8 Å². The van der Waals surface area contributed by atoms with Gasteiger partial charge in [-0.3, -0.25) is 14.6 Å². The SMILES string of the molecule is COC(=O)C1CCN(C(=O)COC(=O)c2cnccn2)CC1. The molecule has 1 aromatic heterocycles. The number of likely N-dealkylation sites (tertiary alicyclic amines) is 1. The molecule has 1 fully saturated rings. The quantitative estimate of drug-likeness (QED) is 0.724. The Bertz CT molecular complexity index is 541. The van der Waals surface area contributed by atoms with E-state index in [0.29, 0.717) is 25.9 Å². The number of esters is 2. The van der Waals surface area contributed by atoms with Crippen LogP contribution in [0.1, 0.15) is 23.3 Å². The van der Waals surface area contributed by atoms with Gasteiger partial charge in [0.1, 0.15) is 0 Å². The van der Waals surface area contributed by atoms with Crippen molar-refractivity contribution in [3.8, 4) is 0 Å². The van der Waals surface area contributed by atoms with Crippen LogP contribution in [0.5, 0.6) is 0 Å². The molecule has 1 aliphatic rings. The van der Waals surface area contributed by atoms with E-state index >= 15 is 0 Å². The lowest BCUT2D eigenvalue weighted by Crippen LogP contribution is -2.42. The number of piperidine rings is 1. The topological polar surface area (TPSA) is 98.7 Å². The number of amides is 1. The highest BCUT2D eigenvalue weighted by Crippen LogP contribution is 2.18. The minimum atomic E-state index is -0.689. The number of carbonyl (C=O) groups is 3. The minimum Gasteiger partial charge on any atom is -0.469 e. The van der Waals surface area contributed by atoms with Crippen molar-refractivity contribution < 1.29 is 23.9 Å². The molecule has 1 aliphatic heterocycles. The molecule has 0 aromatic carbocycles. The van der Waals surface area contributed by atoms with Gasteiger partial charge < -0.3 is 14.4 Å². The highest BCUT2D eigenvalue weighted by Gasteiger charge is 2.28. The summed E-state index contributed by atoms with van der Waals surface area (Å²) < 4.78 is 9.60. The molecule has 22 heavy (non-hydrogen) atoms. The van der Waals surface area contributed by atoms with E-state index in [1.165, 1.54) is 25.7 Å². The van der Waals surface area contributed by atoms with E-state index in [9.17, 15) is 14.4 Å².